The van der Waals surface area contributed by atoms with E-state index >= 15 is 0 Å². The van der Waals surface area contributed by atoms with E-state index in [1.54, 1.807) is 7.11 Å². The summed E-state index contributed by atoms with van der Waals surface area (Å²) in [5, 5.41) is 20.3. The summed E-state index contributed by atoms with van der Waals surface area (Å²) in [4.78, 5) is 11.2. The van der Waals surface area contributed by atoms with E-state index in [0.717, 1.165) is 67.6 Å². The number of aliphatic hydroxyl groups excluding tert-OH is 1. The van der Waals surface area contributed by atoms with Crippen LogP contribution in [-0.4, -0.2) is 33.3 Å². The molecule has 4 rings (SSSR count). The SMILES string of the molecule is CC/C=C(/O)N(CC1CCCC(C)(Cn2cnc3ccc(C#N)cc32)C1)c1ccc(C(C)(C)OC)nc1. The van der Waals surface area contributed by atoms with Crippen LogP contribution in [0.2, 0.25) is 0 Å². The van der Waals surface area contributed by atoms with Gasteiger partial charge in [-0.15, -0.1) is 0 Å². The van der Waals surface area contributed by atoms with Gasteiger partial charge in [-0.2, -0.15) is 5.26 Å². The van der Waals surface area contributed by atoms with Crippen molar-refractivity contribution in [3.8, 4) is 6.07 Å². The van der Waals surface area contributed by atoms with Crippen LogP contribution in [0.15, 0.2) is 54.8 Å². The lowest BCUT2D eigenvalue weighted by Gasteiger charge is -2.40. The van der Waals surface area contributed by atoms with Crippen LogP contribution in [0.1, 0.15) is 71.1 Å². The lowest BCUT2D eigenvalue weighted by atomic mass is 9.70. The summed E-state index contributed by atoms with van der Waals surface area (Å²) in [5.41, 5.74) is 3.95. The van der Waals surface area contributed by atoms with Gasteiger partial charge in [0.05, 0.1) is 46.6 Å². The van der Waals surface area contributed by atoms with Gasteiger partial charge >= 0.3 is 0 Å². The van der Waals surface area contributed by atoms with Gasteiger partial charge in [0.2, 0.25) is 0 Å². The molecule has 0 spiro atoms. The van der Waals surface area contributed by atoms with Crippen LogP contribution in [0.4, 0.5) is 5.69 Å². The molecule has 2 atom stereocenters. The van der Waals surface area contributed by atoms with E-state index in [9.17, 15) is 10.4 Å². The number of methoxy groups -OCH3 is 1. The van der Waals surface area contributed by atoms with Crippen molar-refractivity contribution in [1.82, 2.24) is 14.5 Å². The minimum absolute atomic E-state index is 0.0968. The van der Waals surface area contributed by atoms with Crippen LogP contribution in [0.5, 0.6) is 0 Å². The summed E-state index contributed by atoms with van der Waals surface area (Å²) in [6.45, 7) is 9.96. The standard InChI is InChI=1S/C30H39N5O2/c1-6-8-28(36)35(24-11-13-27(32-18-24)29(2,3)37-5)19-23-9-7-14-30(4,16-23)20-34-21-33-25-12-10-22(17-31)15-26(25)34/h8,10-13,15,18,21,23,36H,6-7,9,14,16,19-20H2,1-5H3/b28-8+. The van der Waals surface area contributed by atoms with E-state index in [0.29, 0.717) is 11.5 Å². The summed E-state index contributed by atoms with van der Waals surface area (Å²) in [5.74, 6) is 0.700. The predicted octanol–water partition coefficient (Wildman–Crippen LogP) is 6.70. The van der Waals surface area contributed by atoms with Gasteiger partial charge in [-0.3, -0.25) is 4.98 Å². The second-order valence-corrected chi connectivity index (χ2v) is 11.2. The molecular formula is C30H39N5O2. The molecule has 1 aliphatic carbocycles. The number of hydrogen-bond acceptors (Lipinski definition) is 6. The van der Waals surface area contributed by atoms with Crippen molar-refractivity contribution in [3.05, 3.63) is 66.1 Å². The normalized spacial score (nSPS) is 20.6. The first kappa shape index (κ1) is 26.7. The number of imidazole rings is 1. The zero-order valence-electron chi connectivity index (χ0n) is 22.7. The van der Waals surface area contributed by atoms with Gasteiger partial charge in [0.25, 0.3) is 0 Å². The number of ether oxygens (including phenoxy) is 1. The number of aromatic nitrogens is 3. The van der Waals surface area contributed by atoms with Gasteiger partial charge in [0.15, 0.2) is 5.88 Å². The third kappa shape index (κ3) is 5.97. The van der Waals surface area contributed by atoms with Crippen LogP contribution >= 0.6 is 0 Å². The van der Waals surface area contributed by atoms with Gasteiger partial charge in [-0.05, 0) is 87.3 Å². The lowest BCUT2D eigenvalue weighted by Crippen LogP contribution is -2.36. The van der Waals surface area contributed by atoms with Crippen LogP contribution in [-0.2, 0) is 16.9 Å². The van der Waals surface area contributed by atoms with Gasteiger partial charge in [0, 0.05) is 20.2 Å². The first-order chi connectivity index (χ1) is 17.7. The van der Waals surface area contributed by atoms with Crippen molar-refractivity contribution < 1.29 is 9.84 Å². The highest BCUT2D eigenvalue weighted by Crippen LogP contribution is 2.42. The Bertz CT molecular complexity index is 1290. The fourth-order valence-electron chi connectivity index (χ4n) is 5.57. The molecule has 1 aliphatic rings. The molecule has 37 heavy (non-hydrogen) atoms. The number of rotatable bonds is 9. The zero-order valence-corrected chi connectivity index (χ0v) is 22.7. The summed E-state index contributed by atoms with van der Waals surface area (Å²) in [6, 6.07) is 11.9. The number of anilines is 1. The number of fused-ring (bicyclic) bond motifs is 1. The average Bonchev–Trinajstić information content (AvgIpc) is 3.28. The predicted molar refractivity (Wildman–Crippen MR) is 147 cm³/mol. The Morgan fingerprint density at radius 3 is 2.81 bits per heavy atom. The maximum atomic E-state index is 11.0. The highest BCUT2D eigenvalue weighted by Gasteiger charge is 2.34. The number of aliphatic hydroxyl groups is 1. The quantitative estimate of drug-likeness (QED) is 0.328. The number of pyridine rings is 1. The molecule has 1 aromatic carbocycles. The highest BCUT2D eigenvalue weighted by atomic mass is 16.5. The molecule has 0 bridgehead atoms. The van der Waals surface area contributed by atoms with E-state index in [2.05, 4.69) is 27.5 Å². The molecule has 2 heterocycles. The van der Waals surface area contributed by atoms with Gasteiger partial charge in [-0.1, -0.05) is 20.3 Å². The third-order valence-corrected chi connectivity index (χ3v) is 7.77. The Morgan fingerprint density at radius 1 is 1.32 bits per heavy atom. The van der Waals surface area contributed by atoms with Crippen molar-refractivity contribution in [1.29, 1.82) is 5.26 Å². The Kier molecular flexibility index (Phi) is 7.89. The first-order valence-electron chi connectivity index (χ1n) is 13.2. The number of hydrogen-bond donors (Lipinski definition) is 1. The minimum atomic E-state index is -0.471. The number of nitrogens with zero attached hydrogens (tertiary/aromatic N) is 5. The highest BCUT2D eigenvalue weighted by molar-refractivity contribution is 5.77. The van der Waals surface area contributed by atoms with E-state index in [-0.39, 0.29) is 11.3 Å². The van der Waals surface area contributed by atoms with Crippen LogP contribution in [0.3, 0.4) is 0 Å². The molecule has 1 saturated carbocycles. The molecule has 0 amide bonds. The average molecular weight is 502 g/mol. The lowest BCUT2D eigenvalue weighted by molar-refractivity contribution is 0.0155. The zero-order chi connectivity index (χ0) is 26.6. The second-order valence-electron chi connectivity index (χ2n) is 11.2. The molecular weight excluding hydrogens is 462 g/mol. The molecule has 196 valence electrons. The number of benzene rings is 1. The Hall–Kier alpha value is -3.37. The largest absolute Gasteiger partial charge is 0.495 e. The molecule has 2 aromatic heterocycles. The van der Waals surface area contributed by atoms with Crippen molar-refractivity contribution in [3.63, 3.8) is 0 Å². The molecule has 0 aliphatic heterocycles. The maximum absolute atomic E-state index is 11.0. The summed E-state index contributed by atoms with van der Waals surface area (Å²) < 4.78 is 7.78. The van der Waals surface area contributed by atoms with Crippen LogP contribution in [0.25, 0.3) is 11.0 Å². The van der Waals surface area contributed by atoms with E-state index in [4.69, 9.17) is 4.74 Å². The Balaban J connectivity index is 1.54. The summed E-state index contributed by atoms with van der Waals surface area (Å²) >= 11 is 0. The Labute approximate surface area is 220 Å². The van der Waals surface area contributed by atoms with Gasteiger partial charge in [-0.25, -0.2) is 4.98 Å². The van der Waals surface area contributed by atoms with E-state index in [1.165, 1.54) is 0 Å². The Morgan fingerprint density at radius 2 is 2.14 bits per heavy atom. The number of allylic oxidation sites excluding steroid dienone is 1. The van der Waals surface area contributed by atoms with Crippen molar-refractivity contribution in [2.45, 2.75) is 71.9 Å². The maximum Gasteiger partial charge on any atom is 0.187 e. The molecule has 3 aromatic rings. The van der Waals surface area contributed by atoms with Gasteiger partial charge in [0.1, 0.15) is 5.60 Å². The smallest absolute Gasteiger partial charge is 0.187 e. The molecule has 0 saturated heterocycles. The van der Waals surface area contributed by atoms with E-state index in [1.807, 2.05) is 74.6 Å². The van der Waals surface area contributed by atoms with Crippen LogP contribution in [0, 0.1) is 22.7 Å². The fraction of sp³-hybridized carbons (Fsp3) is 0.500. The number of nitriles is 1. The van der Waals surface area contributed by atoms with Gasteiger partial charge < -0.3 is 19.3 Å². The van der Waals surface area contributed by atoms with Crippen molar-refractivity contribution >= 4 is 16.7 Å². The topological polar surface area (TPSA) is 87.2 Å². The first-order valence-corrected chi connectivity index (χ1v) is 13.2. The third-order valence-electron chi connectivity index (χ3n) is 7.77. The molecule has 1 fully saturated rings. The minimum Gasteiger partial charge on any atom is -0.495 e. The van der Waals surface area contributed by atoms with Crippen molar-refractivity contribution in [2.24, 2.45) is 11.3 Å². The molecule has 0 radical (unpaired) electrons. The summed E-state index contributed by atoms with van der Waals surface area (Å²) in [6.07, 6.45) is 10.8. The van der Waals surface area contributed by atoms with Crippen LogP contribution < -0.4 is 4.90 Å². The second kappa shape index (κ2) is 10.9. The molecule has 7 heteroatoms. The van der Waals surface area contributed by atoms with Crippen molar-refractivity contribution in [2.75, 3.05) is 18.6 Å². The monoisotopic (exact) mass is 501 g/mol. The fourth-order valence-corrected chi connectivity index (χ4v) is 5.57. The molecule has 1 N–H and O–H groups in total. The molecule has 7 nitrogen and oxygen atoms in total. The van der Waals surface area contributed by atoms with E-state index < -0.39 is 5.60 Å². The molecule has 2 unspecified atom stereocenters. The summed E-state index contributed by atoms with van der Waals surface area (Å²) in [7, 11) is 1.69.